The van der Waals surface area contributed by atoms with Crippen LogP contribution in [0.25, 0.3) is 5.65 Å². The zero-order valence-electron chi connectivity index (χ0n) is 7.45. The number of nitrogens with one attached hydrogen (secondary N) is 1. The molecular formula is C9H11N3O. The molecule has 68 valence electrons. The number of nitrogens with zero attached hydrogens (tertiary/aromatic N) is 2. The van der Waals surface area contributed by atoms with E-state index in [1.807, 2.05) is 6.07 Å². The summed E-state index contributed by atoms with van der Waals surface area (Å²) in [7, 11) is 0. The van der Waals surface area contributed by atoms with E-state index in [4.69, 9.17) is 0 Å². The van der Waals surface area contributed by atoms with Crippen LogP contribution in [0.3, 0.4) is 0 Å². The standard InChI is InChI=1S/C9H11N3O/c1-2-4-7-10-8-5-3-6-9(13)12(8)11-7/h3,5-6H,2,4H2,1H3,(H,10,11). The predicted octanol–water partition coefficient (Wildman–Crippen LogP) is 0.975. The lowest BCUT2D eigenvalue weighted by molar-refractivity contribution is 0.809. The van der Waals surface area contributed by atoms with Gasteiger partial charge in [0.15, 0.2) is 5.65 Å². The van der Waals surface area contributed by atoms with Crippen LogP contribution in [0.15, 0.2) is 23.0 Å². The van der Waals surface area contributed by atoms with Crippen LogP contribution >= 0.6 is 0 Å². The third kappa shape index (κ3) is 1.35. The molecule has 2 heterocycles. The fourth-order valence-electron chi connectivity index (χ4n) is 1.32. The maximum Gasteiger partial charge on any atom is 0.271 e. The minimum absolute atomic E-state index is 0.0626. The first kappa shape index (κ1) is 8.04. The van der Waals surface area contributed by atoms with Gasteiger partial charge in [0.05, 0.1) is 0 Å². The van der Waals surface area contributed by atoms with Gasteiger partial charge >= 0.3 is 0 Å². The van der Waals surface area contributed by atoms with Crippen LogP contribution < -0.4 is 5.56 Å². The summed E-state index contributed by atoms with van der Waals surface area (Å²) in [6.07, 6.45) is 1.90. The molecule has 1 N–H and O–H groups in total. The van der Waals surface area contributed by atoms with Crippen molar-refractivity contribution in [3.05, 3.63) is 34.4 Å². The fourth-order valence-corrected chi connectivity index (χ4v) is 1.32. The number of hydrogen-bond acceptors (Lipinski definition) is 2. The van der Waals surface area contributed by atoms with E-state index in [0.29, 0.717) is 5.65 Å². The van der Waals surface area contributed by atoms with Crippen molar-refractivity contribution in [2.45, 2.75) is 19.8 Å². The smallest absolute Gasteiger partial charge is 0.271 e. The van der Waals surface area contributed by atoms with Crippen LogP contribution in [0.4, 0.5) is 0 Å². The van der Waals surface area contributed by atoms with E-state index in [9.17, 15) is 4.79 Å². The Morgan fingerprint density at radius 3 is 3.08 bits per heavy atom. The van der Waals surface area contributed by atoms with Gasteiger partial charge in [-0.1, -0.05) is 13.0 Å². The van der Waals surface area contributed by atoms with Crippen molar-refractivity contribution < 1.29 is 0 Å². The van der Waals surface area contributed by atoms with Crippen LogP contribution in [0.5, 0.6) is 0 Å². The number of pyridine rings is 1. The molecule has 2 rings (SSSR count). The second-order valence-corrected chi connectivity index (χ2v) is 2.98. The highest BCUT2D eigenvalue weighted by Gasteiger charge is 2.01. The predicted molar refractivity (Wildman–Crippen MR) is 49.8 cm³/mol. The van der Waals surface area contributed by atoms with Gasteiger partial charge in [0.25, 0.3) is 5.56 Å². The molecule has 0 fully saturated rings. The second kappa shape index (κ2) is 3.05. The molecule has 2 aromatic rings. The lowest BCUT2D eigenvalue weighted by atomic mass is 10.3. The van der Waals surface area contributed by atoms with Gasteiger partial charge in [-0.3, -0.25) is 9.89 Å². The molecule has 4 heteroatoms. The lowest BCUT2D eigenvalue weighted by Gasteiger charge is -1.87. The number of hydrogen-bond donors (Lipinski definition) is 1. The molecule has 4 nitrogen and oxygen atoms in total. The third-order valence-corrected chi connectivity index (χ3v) is 1.91. The van der Waals surface area contributed by atoms with Gasteiger partial charge in [0.2, 0.25) is 0 Å². The Bertz CT molecular complexity index is 469. The second-order valence-electron chi connectivity index (χ2n) is 2.98. The zero-order valence-corrected chi connectivity index (χ0v) is 7.45. The summed E-state index contributed by atoms with van der Waals surface area (Å²) >= 11 is 0. The fraction of sp³-hybridized carbons (Fsp3) is 0.333. The summed E-state index contributed by atoms with van der Waals surface area (Å²) < 4.78 is 1.46. The van der Waals surface area contributed by atoms with Crippen molar-refractivity contribution in [1.29, 1.82) is 0 Å². The van der Waals surface area contributed by atoms with Crippen molar-refractivity contribution in [2.75, 3.05) is 0 Å². The molecule has 0 aliphatic carbocycles. The number of fused-ring (bicyclic) bond motifs is 1. The van der Waals surface area contributed by atoms with Gasteiger partial charge < -0.3 is 0 Å². The largest absolute Gasteiger partial charge is 0.276 e. The minimum Gasteiger partial charge on any atom is -0.276 e. The van der Waals surface area contributed by atoms with Gasteiger partial charge in [-0.05, 0) is 12.5 Å². The molecule has 0 saturated carbocycles. The Labute approximate surface area is 75.2 Å². The molecular weight excluding hydrogens is 166 g/mol. The average molecular weight is 177 g/mol. The van der Waals surface area contributed by atoms with Crippen LogP contribution in [-0.2, 0) is 6.42 Å². The van der Waals surface area contributed by atoms with E-state index < -0.39 is 0 Å². The monoisotopic (exact) mass is 177 g/mol. The molecule has 0 bridgehead atoms. The zero-order chi connectivity index (χ0) is 9.26. The Morgan fingerprint density at radius 2 is 2.38 bits per heavy atom. The van der Waals surface area contributed by atoms with Crippen LogP contribution in [0.2, 0.25) is 0 Å². The van der Waals surface area contributed by atoms with Gasteiger partial charge in [-0.25, -0.2) is 9.50 Å². The average Bonchev–Trinajstić information content (AvgIpc) is 2.49. The molecule has 0 radical (unpaired) electrons. The Kier molecular flexibility index (Phi) is 1.88. The first-order valence-corrected chi connectivity index (χ1v) is 4.38. The van der Waals surface area contributed by atoms with Crippen molar-refractivity contribution in [2.24, 2.45) is 0 Å². The lowest BCUT2D eigenvalue weighted by Crippen LogP contribution is -2.11. The quantitative estimate of drug-likeness (QED) is 0.743. The molecule has 13 heavy (non-hydrogen) atoms. The molecule has 0 aromatic carbocycles. The number of aromatic nitrogens is 3. The van der Waals surface area contributed by atoms with Gasteiger partial charge in [0.1, 0.15) is 5.82 Å². The van der Waals surface area contributed by atoms with E-state index >= 15 is 0 Å². The molecule has 0 unspecified atom stereocenters. The first-order chi connectivity index (χ1) is 6.31. The number of aryl methyl sites for hydroxylation is 1. The highest BCUT2D eigenvalue weighted by Crippen LogP contribution is 1.99. The summed E-state index contributed by atoms with van der Waals surface area (Å²) in [4.78, 5) is 15.6. The van der Waals surface area contributed by atoms with Crippen LogP contribution in [0, 0.1) is 0 Å². The van der Waals surface area contributed by atoms with E-state index in [2.05, 4.69) is 17.0 Å². The maximum absolute atomic E-state index is 11.3. The molecule has 0 atom stereocenters. The van der Waals surface area contributed by atoms with Crippen LogP contribution in [0.1, 0.15) is 19.2 Å². The topological polar surface area (TPSA) is 50.2 Å². The van der Waals surface area contributed by atoms with Gasteiger partial charge in [-0.2, -0.15) is 0 Å². The summed E-state index contributed by atoms with van der Waals surface area (Å²) in [6, 6.07) is 5.05. The summed E-state index contributed by atoms with van der Waals surface area (Å²) in [6.45, 7) is 2.08. The Morgan fingerprint density at radius 1 is 1.54 bits per heavy atom. The molecule has 0 aliphatic rings. The Balaban J connectivity index is 2.62. The summed E-state index contributed by atoms with van der Waals surface area (Å²) in [5.41, 5.74) is 0.628. The summed E-state index contributed by atoms with van der Waals surface area (Å²) in [5, 5.41) is 2.96. The van der Waals surface area contributed by atoms with E-state index in [1.54, 1.807) is 6.07 Å². The number of rotatable bonds is 2. The van der Waals surface area contributed by atoms with E-state index in [-0.39, 0.29) is 5.56 Å². The van der Waals surface area contributed by atoms with Gasteiger partial charge in [-0.15, -0.1) is 0 Å². The molecule has 0 spiro atoms. The number of H-pyrrole nitrogens is 1. The molecule has 0 aliphatic heterocycles. The van der Waals surface area contributed by atoms with E-state index in [1.165, 1.54) is 10.6 Å². The first-order valence-electron chi connectivity index (χ1n) is 4.38. The number of aromatic amines is 1. The maximum atomic E-state index is 11.3. The van der Waals surface area contributed by atoms with Crippen molar-refractivity contribution in [3.8, 4) is 0 Å². The highest BCUT2D eigenvalue weighted by molar-refractivity contribution is 5.36. The van der Waals surface area contributed by atoms with E-state index in [0.717, 1.165) is 18.7 Å². The van der Waals surface area contributed by atoms with Crippen LogP contribution in [-0.4, -0.2) is 14.6 Å². The third-order valence-electron chi connectivity index (χ3n) is 1.91. The van der Waals surface area contributed by atoms with Crippen molar-refractivity contribution >= 4 is 5.65 Å². The van der Waals surface area contributed by atoms with Gasteiger partial charge in [0, 0.05) is 12.5 Å². The Hall–Kier alpha value is -1.58. The minimum atomic E-state index is -0.0626. The SMILES string of the molecule is CCCc1nc2cccc(=O)n2[nH]1. The normalized spacial score (nSPS) is 10.8. The highest BCUT2D eigenvalue weighted by atomic mass is 16.1. The molecule has 2 aromatic heterocycles. The van der Waals surface area contributed by atoms with Crippen molar-refractivity contribution in [3.63, 3.8) is 0 Å². The molecule has 0 amide bonds. The van der Waals surface area contributed by atoms with Crippen molar-refractivity contribution in [1.82, 2.24) is 14.6 Å². The molecule has 0 saturated heterocycles. The summed E-state index contributed by atoms with van der Waals surface area (Å²) in [5.74, 6) is 0.866.